The minimum absolute atomic E-state index is 0. The first-order chi connectivity index (χ1) is 9.38. The van der Waals surface area contributed by atoms with Crippen molar-refractivity contribution in [3.05, 3.63) is 41.5 Å². The van der Waals surface area contributed by atoms with Crippen LogP contribution in [0, 0.1) is 12.8 Å². The molecule has 21 heavy (non-hydrogen) atoms. The molecule has 0 unspecified atom stereocenters. The Kier molecular flexibility index (Phi) is 9.18. The maximum Gasteiger partial charge on any atom is 0.161 e. The zero-order valence-corrected chi connectivity index (χ0v) is 14.5. The molecule has 0 spiro atoms. The van der Waals surface area contributed by atoms with Gasteiger partial charge in [0.15, 0.2) is 5.78 Å². The van der Waals surface area contributed by atoms with Gasteiger partial charge in [-0.2, -0.15) is 0 Å². The Labute approximate surface area is 135 Å². The predicted octanol–water partition coefficient (Wildman–Crippen LogP) is 2.74. The molecule has 1 aromatic carbocycles. The number of hydrogen-bond acceptors (Lipinski definition) is 3. The zero-order chi connectivity index (χ0) is 15.1. The maximum absolute atomic E-state index is 12.3. The Morgan fingerprint density at radius 2 is 1.71 bits per heavy atom. The molecule has 118 valence electrons. The molecule has 4 heteroatoms. The summed E-state index contributed by atoms with van der Waals surface area (Å²) in [6.07, 6.45) is 3.63. The van der Waals surface area contributed by atoms with Gasteiger partial charge in [-0.25, -0.2) is 0 Å². The van der Waals surface area contributed by atoms with Gasteiger partial charge in [-0.05, 0) is 46.8 Å². The molecule has 0 saturated heterocycles. The van der Waals surface area contributed by atoms with Gasteiger partial charge in [0.2, 0.25) is 0 Å². The molecule has 3 nitrogen and oxygen atoms in total. The molecular formula is C17H27ClN2O. The largest absolute Gasteiger partial charge is 0.309 e. The minimum atomic E-state index is 0. The Hall–Kier alpha value is -1.16. The van der Waals surface area contributed by atoms with E-state index < -0.39 is 0 Å². The lowest BCUT2D eigenvalue weighted by Gasteiger charge is -2.22. The number of allylic oxidation sites excluding steroid dienone is 1. The number of benzene rings is 1. The number of nitrogens with zero attached hydrogens (tertiary/aromatic N) is 2. The lowest BCUT2D eigenvalue weighted by Crippen LogP contribution is -2.34. The van der Waals surface area contributed by atoms with E-state index in [-0.39, 0.29) is 24.1 Å². The number of aryl methyl sites for hydroxylation is 1. The van der Waals surface area contributed by atoms with Crippen LogP contribution in [0.5, 0.6) is 0 Å². The highest BCUT2D eigenvalue weighted by atomic mass is 35.5. The fourth-order valence-corrected chi connectivity index (χ4v) is 2.21. The average molecular weight is 311 g/mol. The number of halogens is 1. The molecule has 0 amide bonds. The van der Waals surface area contributed by atoms with Crippen molar-refractivity contribution in [2.75, 3.05) is 41.3 Å². The summed E-state index contributed by atoms with van der Waals surface area (Å²) in [5.41, 5.74) is 2.28. The molecule has 0 aliphatic carbocycles. The van der Waals surface area contributed by atoms with E-state index in [4.69, 9.17) is 0 Å². The molecule has 0 bridgehead atoms. The normalized spacial score (nSPS) is 11.4. The van der Waals surface area contributed by atoms with Crippen LogP contribution >= 0.6 is 12.4 Å². The first-order valence-corrected chi connectivity index (χ1v) is 6.96. The van der Waals surface area contributed by atoms with Gasteiger partial charge in [0.05, 0.1) is 0 Å². The number of carbonyl (C=O) groups excluding carboxylic acids is 1. The van der Waals surface area contributed by atoms with E-state index in [9.17, 15) is 4.79 Å². The SMILES string of the molecule is Cc1cccc(/C=C/C(=O)C(CN(C)C)CN(C)C)c1.Cl. The van der Waals surface area contributed by atoms with Crippen LogP contribution in [0.15, 0.2) is 30.3 Å². The van der Waals surface area contributed by atoms with E-state index >= 15 is 0 Å². The van der Waals surface area contributed by atoms with E-state index in [1.54, 1.807) is 6.08 Å². The first kappa shape index (κ1) is 19.8. The third-order valence-corrected chi connectivity index (χ3v) is 3.06. The molecule has 0 aromatic heterocycles. The number of carbonyl (C=O) groups is 1. The van der Waals surface area contributed by atoms with Gasteiger partial charge in [0, 0.05) is 19.0 Å². The fraction of sp³-hybridized carbons (Fsp3) is 0.471. The molecule has 0 aliphatic rings. The lowest BCUT2D eigenvalue weighted by atomic mass is 10.0. The highest BCUT2D eigenvalue weighted by Crippen LogP contribution is 2.09. The van der Waals surface area contributed by atoms with Gasteiger partial charge in [0.1, 0.15) is 0 Å². The van der Waals surface area contributed by atoms with Crippen LogP contribution in [0.25, 0.3) is 6.08 Å². The molecule has 1 aromatic rings. The van der Waals surface area contributed by atoms with Crippen LogP contribution in [0.1, 0.15) is 11.1 Å². The Bertz CT molecular complexity index is 460. The number of ketones is 1. The summed E-state index contributed by atoms with van der Waals surface area (Å²) in [5, 5.41) is 0. The third kappa shape index (κ3) is 8.00. The van der Waals surface area contributed by atoms with Crippen LogP contribution in [0.4, 0.5) is 0 Å². The molecule has 0 aliphatic heterocycles. The fourth-order valence-electron chi connectivity index (χ4n) is 2.21. The minimum Gasteiger partial charge on any atom is -0.309 e. The van der Waals surface area contributed by atoms with E-state index in [1.165, 1.54) is 5.56 Å². The monoisotopic (exact) mass is 310 g/mol. The standard InChI is InChI=1S/C17H26N2O.ClH/c1-14-7-6-8-15(11-14)9-10-17(20)16(12-18(2)3)13-19(4)5;/h6-11,16H,12-13H2,1-5H3;1H/b10-9+;. The average Bonchev–Trinajstić information content (AvgIpc) is 2.34. The van der Waals surface area contributed by atoms with Crippen LogP contribution in [-0.4, -0.2) is 56.9 Å². The van der Waals surface area contributed by atoms with Crippen molar-refractivity contribution in [3.8, 4) is 0 Å². The first-order valence-electron chi connectivity index (χ1n) is 6.96. The van der Waals surface area contributed by atoms with Crippen LogP contribution in [0.3, 0.4) is 0 Å². The Morgan fingerprint density at radius 3 is 2.19 bits per heavy atom. The van der Waals surface area contributed by atoms with Gasteiger partial charge in [-0.3, -0.25) is 4.79 Å². The molecule has 0 heterocycles. The summed E-state index contributed by atoms with van der Waals surface area (Å²) in [6.45, 7) is 3.60. The smallest absolute Gasteiger partial charge is 0.161 e. The van der Waals surface area contributed by atoms with E-state index in [0.717, 1.165) is 18.7 Å². The predicted molar refractivity (Wildman–Crippen MR) is 93.1 cm³/mol. The van der Waals surface area contributed by atoms with Gasteiger partial charge < -0.3 is 9.80 Å². The van der Waals surface area contributed by atoms with Crippen molar-refractivity contribution in [2.24, 2.45) is 5.92 Å². The summed E-state index contributed by atoms with van der Waals surface area (Å²) in [4.78, 5) is 16.5. The highest BCUT2D eigenvalue weighted by molar-refractivity contribution is 5.95. The summed E-state index contributed by atoms with van der Waals surface area (Å²) in [5.74, 6) is 0.204. The van der Waals surface area contributed by atoms with Crippen molar-refractivity contribution in [2.45, 2.75) is 6.92 Å². The lowest BCUT2D eigenvalue weighted by molar-refractivity contribution is -0.119. The highest BCUT2D eigenvalue weighted by Gasteiger charge is 2.17. The summed E-state index contributed by atoms with van der Waals surface area (Å²) >= 11 is 0. The van der Waals surface area contributed by atoms with Crippen molar-refractivity contribution in [3.63, 3.8) is 0 Å². The summed E-state index contributed by atoms with van der Waals surface area (Å²) in [7, 11) is 8.00. The molecule has 1 rings (SSSR count). The second-order valence-corrected chi connectivity index (χ2v) is 5.87. The van der Waals surface area contributed by atoms with E-state index in [2.05, 4.69) is 28.9 Å². The van der Waals surface area contributed by atoms with Gasteiger partial charge in [-0.15, -0.1) is 12.4 Å². The Balaban J connectivity index is 0.00000400. The van der Waals surface area contributed by atoms with Crippen molar-refractivity contribution in [1.82, 2.24) is 9.80 Å². The van der Waals surface area contributed by atoms with Crippen molar-refractivity contribution >= 4 is 24.3 Å². The van der Waals surface area contributed by atoms with Crippen LogP contribution < -0.4 is 0 Å². The number of hydrogen-bond donors (Lipinski definition) is 0. The van der Waals surface area contributed by atoms with Gasteiger partial charge >= 0.3 is 0 Å². The maximum atomic E-state index is 12.3. The number of rotatable bonds is 7. The summed E-state index contributed by atoms with van der Waals surface area (Å²) in [6, 6.07) is 8.16. The molecule has 0 radical (unpaired) electrons. The van der Waals surface area contributed by atoms with Gasteiger partial charge in [0.25, 0.3) is 0 Å². The van der Waals surface area contributed by atoms with Crippen LogP contribution in [-0.2, 0) is 4.79 Å². The van der Waals surface area contributed by atoms with E-state index in [0.29, 0.717) is 0 Å². The second-order valence-electron chi connectivity index (χ2n) is 5.87. The summed E-state index contributed by atoms with van der Waals surface area (Å²) < 4.78 is 0. The quantitative estimate of drug-likeness (QED) is 0.724. The van der Waals surface area contributed by atoms with Crippen molar-refractivity contribution in [1.29, 1.82) is 0 Å². The Morgan fingerprint density at radius 1 is 1.14 bits per heavy atom. The molecule has 0 atom stereocenters. The molecule has 0 saturated carbocycles. The second kappa shape index (κ2) is 9.72. The van der Waals surface area contributed by atoms with Gasteiger partial charge in [-0.1, -0.05) is 35.9 Å². The third-order valence-electron chi connectivity index (χ3n) is 3.06. The zero-order valence-electron chi connectivity index (χ0n) is 13.7. The van der Waals surface area contributed by atoms with E-state index in [1.807, 2.05) is 46.4 Å². The van der Waals surface area contributed by atoms with Crippen LogP contribution in [0.2, 0.25) is 0 Å². The molecule has 0 N–H and O–H groups in total. The molecular weight excluding hydrogens is 284 g/mol. The molecule has 0 fully saturated rings. The van der Waals surface area contributed by atoms with Crippen molar-refractivity contribution < 1.29 is 4.79 Å². The topological polar surface area (TPSA) is 23.6 Å².